The molecular formula is C24H25Cl2N3O2S. The van der Waals surface area contributed by atoms with Gasteiger partial charge in [-0.15, -0.1) is 11.3 Å². The molecule has 0 spiro atoms. The van der Waals surface area contributed by atoms with Crippen LogP contribution in [0.25, 0.3) is 0 Å². The molecule has 3 aromatic rings. The first kappa shape index (κ1) is 22.9. The van der Waals surface area contributed by atoms with Gasteiger partial charge in [-0.3, -0.25) is 4.90 Å². The fourth-order valence-electron chi connectivity index (χ4n) is 4.05. The highest BCUT2D eigenvalue weighted by atomic mass is 35.5. The summed E-state index contributed by atoms with van der Waals surface area (Å²) in [6, 6.07) is 19.0. The van der Waals surface area contributed by atoms with Crippen LogP contribution in [0.1, 0.15) is 22.8 Å². The Kier molecular flexibility index (Phi) is 7.58. The SMILES string of the molecule is COc1ccc(C2CN(Cc3ccc(Cl)s3)CC[C@H]2NC(=O)Nc2ccc(Cl)cc2)cc1. The first-order valence-corrected chi connectivity index (χ1v) is 12.0. The molecule has 0 saturated carbocycles. The van der Waals surface area contributed by atoms with E-state index in [1.165, 1.54) is 10.4 Å². The highest BCUT2D eigenvalue weighted by Crippen LogP contribution is 2.31. The first-order chi connectivity index (χ1) is 15.5. The number of hydrogen-bond donors (Lipinski definition) is 2. The third kappa shape index (κ3) is 5.95. The van der Waals surface area contributed by atoms with Gasteiger partial charge in [0, 0.05) is 47.2 Å². The van der Waals surface area contributed by atoms with E-state index in [4.69, 9.17) is 27.9 Å². The number of nitrogens with one attached hydrogen (secondary N) is 2. The molecule has 1 saturated heterocycles. The number of halogens is 2. The van der Waals surface area contributed by atoms with Gasteiger partial charge in [-0.1, -0.05) is 35.3 Å². The van der Waals surface area contributed by atoms with Gasteiger partial charge in [0.15, 0.2) is 0 Å². The summed E-state index contributed by atoms with van der Waals surface area (Å²) in [5.41, 5.74) is 1.89. The summed E-state index contributed by atoms with van der Waals surface area (Å²) in [4.78, 5) is 16.4. The van der Waals surface area contributed by atoms with Crippen LogP contribution in [0.2, 0.25) is 9.36 Å². The Hall–Kier alpha value is -2.25. The minimum absolute atomic E-state index is 0.0128. The second-order valence-electron chi connectivity index (χ2n) is 7.82. The minimum atomic E-state index is -0.214. The van der Waals surface area contributed by atoms with Gasteiger partial charge >= 0.3 is 6.03 Å². The molecule has 2 aromatic carbocycles. The number of amides is 2. The zero-order valence-corrected chi connectivity index (χ0v) is 20.0. The molecule has 2 atom stereocenters. The molecule has 2 N–H and O–H groups in total. The van der Waals surface area contributed by atoms with E-state index < -0.39 is 0 Å². The van der Waals surface area contributed by atoms with Crippen molar-refractivity contribution >= 4 is 46.3 Å². The van der Waals surface area contributed by atoms with Gasteiger partial charge in [-0.05, 0) is 60.5 Å². The molecule has 1 aliphatic heterocycles. The van der Waals surface area contributed by atoms with Crippen LogP contribution in [0.3, 0.4) is 0 Å². The van der Waals surface area contributed by atoms with E-state index in [9.17, 15) is 4.79 Å². The molecule has 5 nitrogen and oxygen atoms in total. The number of anilines is 1. The topological polar surface area (TPSA) is 53.6 Å². The Bertz CT molecular complexity index is 1040. The maximum Gasteiger partial charge on any atom is 0.319 e. The summed E-state index contributed by atoms with van der Waals surface area (Å²) < 4.78 is 6.12. The zero-order valence-electron chi connectivity index (χ0n) is 17.7. The number of carbonyl (C=O) groups is 1. The molecule has 2 heterocycles. The van der Waals surface area contributed by atoms with Crippen LogP contribution in [0.15, 0.2) is 60.7 Å². The molecule has 1 aliphatic rings. The number of nitrogens with zero attached hydrogens (tertiary/aromatic N) is 1. The number of hydrogen-bond acceptors (Lipinski definition) is 4. The second-order valence-corrected chi connectivity index (χ2v) is 10.1. The smallest absolute Gasteiger partial charge is 0.319 e. The van der Waals surface area contributed by atoms with Crippen LogP contribution in [-0.2, 0) is 6.54 Å². The van der Waals surface area contributed by atoms with Crippen LogP contribution in [-0.4, -0.2) is 37.2 Å². The van der Waals surface area contributed by atoms with E-state index in [1.54, 1.807) is 42.7 Å². The molecule has 0 aliphatic carbocycles. The predicted molar refractivity (Wildman–Crippen MR) is 132 cm³/mol. The Labute approximate surface area is 202 Å². The van der Waals surface area contributed by atoms with Crippen molar-refractivity contribution in [3.63, 3.8) is 0 Å². The summed E-state index contributed by atoms with van der Waals surface area (Å²) >= 11 is 13.7. The molecule has 168 valence electrons. The number of urea groups is 1. The second kappa shape index (κ2) is 10.6. The van der Waals surface area contributed by atoms with Crippen molar-refractivity contribution in [2.24, 2.45) is 0 Å². The highest BCUT2D eigenvalue weighted by molar-refractivity contribution is 7.16. The average Bonchev–Trinajstić information content (AvgIpc) is 3.21. The largest absolute Gasteiger partial charge is 0.497 e. The number of benzene rings is 2. The monoisotopic (exact) mass is 489 g/mol. The van der Waals surface area contributed by atoms with Crippen LogP contribution in [0, 0.1) is 0 Å². The maximum absolute atomic E-state index is 12.7. The van der Waals surface area contributed by atoms with Gasteiger partial charge in [-0.25, -0.2) is 4.79 Å². The quantitative estimate of drug-likeness (QED) is 0.430. The molecule has 32 heavy (non-hydrogen) atoms. The van der Waals surface area contributed by atoms with Crippen molar-refractivity contribution < 1.29 is 9.53 Å². The standard InChI is InChI=1S/C24H25Cl2N3O2S/c1-31-19-8-2-16(3-9-19)21-15-29(14-20-10-11-23(26)32-20)13-12-22(21)28-24(30)27-18-6-4-17(25)5-7-18/h2-11,21-22H,12-15H2,1H3,(H2,27,28,30)/t21?,22-/m1/s1. The number of methoxy groups -OCH3 is 1. The number of rotatable bonds is 6. The van der Waals surface area contributed by atoms with Crippen molar-refractivity contribution in [3.8, 4) is 5.75 Å². The number of likely N-dealkylation sites (tertiary alicyclic amines) is 1. The molecule has 8 heteroatoms. The number of ether oxygens (including phenoxy) is 1. The zero-order chi connectivity index (χ0) is 22.5. The van der Waals surface area contributed by atoms with Gasteiger partial charge in [0.1, 0.15) is 5.75 Å². The molecule has 1 fully saturated rings. The molecular weight excluding hydrogens is 465 g/mol. The Morgan fingerprint density at radius 3 is 2.50 bits per heavy atom. The van der Waals surface area contributed by atoms with Crippen molar-refractivity contribution in [3.05, 3.63) is 80.5 Å². The highest BCUT2D eigenvalue weighted by Gasteiger charge is 2.32. The molecule has 1 unspecified atom stereocenters. The lowest BCUT2D eigenvalue weighted by molar-refractivity contribution is 0.169. The number of piperidine rings is 1. The van der Waals surface area contributed by atoms with Gasteiger partial charge in [0.05, 0.1) is 11.4 Å². The molecule has 2 amide bonds. The van der Waals surface area contributed by atoms with Crippen molar-refractivity contribution in [2.45, 2.75) is 24.9 Å². The third-order valence-electron chi connectivity index (χ3n) is 5.67. The van der Waals surface area contributed by atoms with Crippen LogP contribution < -0.4 is 15.4 Å². The van der Waals surface area contributed by atoms with Crippen molar-refractivity contribution in [1.29, 1.82) is 0 Å². The summed E-state index contributed by atoms with van der Waals surface area (Å²) in [5.74, 6) is 0.973. The van der Waals surface area contributed by atoms with Crippen LogP contribution in [0.4, 0.5) is 10.5 Å². The van der Waals surface area contributed by atoms with Gasteiger partial charge in [0.2, 0.25) is 0 Å². The van der Waals surface area contributed by atoms with Gasteiger partial charge in [-0.2, -0.15) is 0 Å². The summed E-state index contributed by atoms with van der Waals surface area (Å²) in [6.07, 6.45) is 0.851. The molecule has 1 aromatic heterocycles. The summed E-state index contributed by atoms with van der Waals surface area (Å²) in [7, 11) is 1.66. The summed E-state index contributed by atoms with van der Waals surface area (Å²) in [6.45, 7) is 2.59. The first-order valence-electron chi connectivity index (χ1n) is 10.4. The number of thiophene rings is 1. The lowest BCUT2D eigenvalue weighted by Crippen LogP contribution is -2.50. The molecule has 4 rings (SSSR count). The third-order valence-corrected chi connectivity index (χ3v) is 7.14. The van der Waals surface area contributed by atoms with Gasteiger partial charge in [0.25, 0.3) is 0 Å². The van der Waals surface area contributed by atoms with Crippen LogP contribution >= 0.6 is 34.5 Å². The van der Waals surface area contributed by atoms with Crippen molar-refractivity contribution in [1.82, 2.24) is 10.2 Å². The van der Waals surface area contributed by atoms with E-state index in [-0.39, 0.29) is 18.0 Å². The average molecular weight is 490 g/mol. The Morgan fingerprint density at radius 1 is 1.09 bits per heavy atom. The van der Waals surface area contributed by atoms with E-state index in [1.807, 2.05) is 18.2 Å². The Balaban J connectivity index is 1.47. The maximum atomic E-state index is 12.7. The van der Waals surface area contributed by atoms with Crippen molar-refractivity contribution in [2.75, 3.05) is 25.5 Å². The molecule has 0 bridgehead atoms. The minimum Gasteiger partial charge on any atom is -0.497 e. The molecule has 0 radical (unpaired) electrons. The normalized spacial score (nSPS) is 18.8. The van der Waals surface area contributed by atoms with Gasteiger partial charge < -0.3 is 15.4 Å². The van der Waals surface area contributed by atoms with E-state index >= 15 is 0 Å². The number of carbonyl (C=O) groups excluding carboxylic acids is 1. The lowest BCUT2D eigenvalue weighted by Gasteiger charge is -2.39. The summed E-state index contributed by atoms with van der Waals surface area (Å²) in [5, 5.41) is 6.73. The lowest BCUT2D eigenvalue weighted by atomic mass is 9.86. The fraction of sp³-hybridized carbons (Fsp3) is 0.292. The van der Waals surface area contributed by atoms with E-state index in [0.717, 1.165) is 36.1 Å². The van der Waals surface area contributed by atoms with Crippen LogP contribution in [0.5, 0.6) is 5.75 Å². The van der Waals surface area contributed by atoms with E-state index in [0.29, 0.717) is 10.7 Å². The Morgan fingerprint density at radius 2 is 1.84 bits per heavy atom. The fourth-order valence-corrected chi connectivity index (χ4v) is 5.31. The predicted octanol–water partition coefficient (Wildman–Crippen LogP) is 6.24. The van der Waals surface area contributed by atoms with E-state index in [2.05, 4.69) is 33.7 Å².